The molecular formula is C10H11FN4. The highest BCUT2D eigenvalue weighted by atomic mass is 19.1. The third-order valence-electron chi connectivity index (χ3n) is 2.11. The van der Waals surface area contributed by atoms with E-state index in [4.69, 9.17) is 5.73 Å². The zero-order chi connectivity index (χ0) is 10.8. The zero-order valence-electron chi connectivity index (χ0n) is 8.31. The predicted molar refractivity (Wildman–Crippen MR) is 53.9 cm³/mol. The van der Waals surface area contributed by atoms with Gasteiger partial charge in [0.1, 0.15) is 0 Å². The molecule has 0 unspecified atom stereocenters. The largest absolute Gasteiger partial charge is 0.326 e. The number of nitrogens with zero attached hydrogens (tertiary/aromatic N) is 3. The number of aromatic nitrogens is 3. The molecular weight excluding hydrogens is 195 g/mol. The second kappa shape index (κ2) is 3.78. The fraction of sp³-hybridized carbons (Fsp3) is 0.200. The molecule has 2 rings (SSSR count). The molecule has 0 radical (unpaired) electrons. The molecule has 78 valence electrons. The van der Waals surface area contributed by atoms with E-state index in [2.05, 4.69) is 10.1 Å². The third kappa shape index (κ3) is 1.73. The molecule has 0 bridgehead atoms. The summed E-state index contributed by atoms with van der Waals surface area (Å²) in [6.45, 7) is 1.99. The van der Waals surface area contributed by atoms with Gasteiger partial charge in [-0.1, -0.05) is 0 Å². The lowest BCUT2D eigenvalue weighted by atomic mass is 10.2. The lowest BCUT2D eigenvalue weighted by Gasteiger charge is -2.05. The Balaban J connectivity index is 2.53. The number of pyridine rings is 1. The van der Waals surface area contributed by atoms with E-state index in [1.165, 1.54) is 10.9 Å². The normalized spacial score (nSPS) is 10.6. The van der Waals surface area contributed by atoms with Crippen LogP contribution in [-0.4, -0.2) is 14.8 Å². The van der Waals surface area contributed by atoms with Crippen LogP contribution in [0, 0.1) is 12.7 Å². The van der Waals surface area contributed by atoms with Gasteiger partial charge < -0.3 is 5.73 Å². The molecule has 4 nitrogen and oxygen atoms in total. The Labute approximate surface area is 86.6 Å². The van der Waals surface area contributed by atoms with E-state index in [1.807, 2.05) is 6.92 Å². The smallest absolute Gasteiger partial charge is 0.190 e. The summed E-state index contributed by atoms with van der Waals surface area (Å²) in [6, 6.07) is 3.35. The van der Waals surface area contributed by atoms with Crippen LogP contribution >= 0.6 is 0 Å². The molecule has 0 amide bonds. The van der Waals surface area contributed by atoms with Crippen LogP contribution in [0.4, 0.5) is 4.39 Å². The van der Waals surface area contributed by atoms with Gasteiger partial charge in [0.2, 0.25) is 0 Å². The summed E-state index contributed by atoms with van der Waals surface area (Å²) in [7, 11) is 0. The number of hydrogen-bond acceptors (Lipinski definition) is 3. The molecule has 0 fully saturated rings. The lowest BCUT2D eigenvalue weighted by molar-refractivity contribution is 0.584. The van der Waals surface area contributed by atoms with E-state index in [9.17, 15) is 4.39 Å². The van der Waals surface area contributed by atoms with E-state index >= 15 is 0 Å². The highest BCUT2D eigenvalue weighted by molar-refractivity contribution is 5.29. The van der Waals surface area contributed by atoms with Gasteiger partial charge in [-0.2, -0.15) is 5.10 Å². The van der Waals surface area contributed by atoms with Crippen LogP contribution in [0.1, 0.15) is 11.3 Å². The van der Waals surface area contributed by atoms with Gasteiger partial charge in [0.25, 0.3) is 0 Å². The average molecular weight is 206 g/mol. The van der Waals surface area contributed by atoms with E-state index in [0.29, 0.717) is 5.56 Å². The second-order valence-corrected chi connectivity index (χ2v) is 3.21. The quantitative estimate of drug-likeness (QED) is 0.802. The van der Waals surface area contributed by atoms with Crippen molar-refractivity contribution in [2.45, 2.75) is 13.5 Å². The summed E-state index contributed by atoms with van der Waals surface area (Å²) in [4.78, 5) is 3.94. The molecule has 15 heavy (non-hydrogen) atoms. The van der Waals surface area contributed by atoms with E-state index in [0.717, 1.165) is 5.69 Å². The van der Waals surface area contributed by atoms with Crippen LogP contribution in [0.15, 0.2) is 24.5 Å². The van der Waals surface area contributed by atoms with Crippen LogP contribution < -0.4 is 5.73 Å². The van der Waals surface area contributed by atoms with Crippen LogP contribution in [0.2, 0.25) is 0 Å². The van der Waals surface area contributed by atoms with Crippen LogP contribution in [0.25, 0.3) is 5.82 Å². The first-order valence-corrected chi connectivity index (χ1v) is 4.58. The number of aryl methyl sites for hydroxylation is 1. The minimum Gasteiger partial charge on any atom is -0.326 e. The Kier molecular flexibility index (Phi) is 2.47. The van der Waals surface area contributed by atoms with Gasteiger partial charge in [0.05, 0.1) is 5.69 Å². The van der Waals surface area contributed by atoms with Crippen LogP contribution in [-0.2, 0) is 6.54 Å². The Morgan fingerprint density at radius 2 is 2.27 bits per heavy atom. The van der Waals surface area contributed by atoms with Crippen molar-refractivity contribution in [3.63, 3.8) is 0 Å². The van der Waals surface area contributed by atoms with Crippen LogP contribution in [0.3, 0.4) is 0 Å². The maximum Gasteiger partial charge on any atom is 0.190 e. The standard InChI is InChI=1S/C10H11FN4/c1-7-3-5-15(14-7)10-9(11)8(6-12)2-4-13-10/h2-5H,6,12H2,1H3. The molecule has 0 saturated carbocycles. The van der Waals surface area contributed by atoms with Gasteiger partial charge in [-0.05, 0) is 19.1 Å². The fourth-order valence-electron chi connectivity index (χ4n) is 1.32. The number of nitrogens with two attached hydrogens (primary N) is 1. The summed E-state index contributed by atoms with van der Waals surface area (Å²) < 4.78 is 15.2. The third-order valence-corrected chi connectivity index (χ3v) is 2.11. The molecule has 2 heterocycles. The Hall–Kier alpha value is -1.75. The molecule has 2 N–H and O–H groups in total. The summed E-state index contributed by atoms with van der Waals surface area (Å²) in [5.74, 6) is -0.228. The SMILES string of the molecule is Cc1ccn(-c2nccc(CN)c2F)n1. The van der Waals surface area contributed by atoms with Gasteiger partial charge in [-0.15, -0.1) is 0 Å². The van der Waals surface area contributed by atoms with E-state index in [-0.39, 0.29) is 12.4 Å². The molecule has 0 aliphatic rings. The van der Waals surface area contributed by atoms with Crippen molar-refractivity contribution < 1.29 is 4.39 Å². The summed E-state index contributed by atoms with van der Waals surface area (Å²) in [5.41, 5.74) is 6.66. The number of halogens is 1. The van der Waals surface area contributed by atoms with Crippen molar-refractivity contribution in [3.05, 3.63) is 41.6 Å². The Morgan fingerprint density at radius 3 is 2.87 bits per heavy atom. The van der Waals surface area contributed by atoms with Gasteiger partial charge in [0, 0.05) is 24.5 Å². The van der Waals surface area contributed by atoms with Crippen molar-refractivity contribution >= 4 is 0 Å². The molecule has 5 heteroatoms. The monoisotopic (exact) mass is 206 g/mol. The van der Waals surface area contributed by atoms with Crippen LogP contribution in [0.5, 0.6) is 0 Å². The van der Waals surface area contributed by atoms with Gasteiger partial charge in [-0.25, -0.2) is 14.1 Å². The Morgan fingerprint density at radius 1 is 1.47 bits per heavy atom. The molecule has 0 aliphatic carbocycles. The molecule has 2 aromatic rings. The molecule has 0 aliphatic heterocycles. The van der Waals surface area contributed by atoms with Crippen molar-refractivity contribution in [2.24, 2.45) is 5.73 Å². The summed E-state index contributed by atoms with van der Waals surface area (Å²) in [5, 5.41) is 4.09. The first kappa shape index (κ1) is 9.79. The first-order valence-electron chi connectivity index (χ1n) is 4.58. The number of rotatable bonds is 2. The molecule has 0 aromatic carbocycles. The molecule has 0 saturated heterocycles. The fourth-order valence-corrected chi connectivity index (χ4v) is 1.32. The van der Waals surface area contributed by atoms with Crippen molar-refractivity contribution in [2.75, 3.05) is 0 Å². The minimum absolute atomic E-state index is 0.154. The predicted octanol–water partition coefficient (Wildman–Crippen LogP) is 1.17. The first-order chi connectivity index (χ1) is 7.22. The number of hydrogen-bond donors (Lipinski definition) is 1. The highest BCUT2D eigenvalue weighted by Crippen LogP contribution is 2.13. The second-order valence-electron chi connectivity index (χ2n) is 3.21. The Bertz CT molecular complexity index is 478. The van der Waals surface area contributed by atoms with Gasteiger partial charge >= 0.3 is 0 Å². The minimum atomic E-state index is -0.414. The molecule has 2 aromatic heterocycles. The van der Waals surface area contributed by atoms with Gasteiger partial charge in [0.15, 0.2) is 11.6 Å². The van der Waals surface area contributed by atoms with E-state index in [1.54, 1.807) is 18.3 Å². The van der Waals surface area contributed by atoms with Crippen molar-refractivity contribution in [1.82, 2.24) is 14.8 Å². The summed E-state index contributed by atoms with van der Waals surface area (Å²) >= 11 is 0. The van der Waals surface area contributed by atoms with Crippen molar-refractivity contribution in [3.8, 4) is 5.82 Å². The average Bonchev–Trinajstić information content (AvgIpc) is 2.65. The molecule has 0 atom stereocenters. The highest BCUT2D eigenvalue weighted by Gasteiger charge is 2.10. The molecule has 0 spiro atoms. The topological polar surface area (TPSA) is 56.7 Å². The van der Waals surface area contributed by atoms with E-state index < -0.39 is 5.82 Å². The summed E-state index contributed by atoms with van der Waals surface area (Å²) in [6.07, 6.45) is 3.19. The maximum absolute atomic E-state index is 13.8. The zero-order valence-corrected chi connectivity index (χ0v) is 8.31. The van der Waals surface area contributed by atoms with Gasteiger partial charge in [-0.3, -0.25) is 0 Å². The maximum atomic E-state index is 13.8. The lowest BCUT2D eigenvalue weighted by Crippen LogP contribution is -2.07. The van der Waals surface area contributed by atoms with Crippen molar-refractivity contribution in [1.29, 1.82) is 0 Å².